The van der Waals surface area contributed by atoms with Gasteiger partial charge in [-0.2, -0.15) is 4.36 Å². The van der Waals surface area contributed by atoms with E-state index in [1.165, 1.54) is 13.4 Å². The fraction of sp³-hybridized carbons (Fsp3) is 0.833. The minimum Gasteiger partial charge on any atom is -0.469 e. The summed E-state index contributed by atoms with van der Waals surface area (Å²) in [6.45, 7) is 5.23. The predicted molar refractivity (Wildman–Crippen MR) is 71.7 cm³/mol. The van der Waals surface area contributed by atoms with Gasteiger partial charge in [-0.3, -0.25) is 9.59 Å². The molecule has 18 heavy (non-hydrogen) atoms. The SMILES string of the molecule is COC(=O)CCCC[S@](C)(=O)=NC(=O)C(C)(C)C. The lowest BCUT2D eigenvalue weighted by Crippen LogP contribution is -2.20. The van der Waals surface area contributed by atoms with E-state index >= 15 is 0 Å². The highest BCUT2D eigenvalue weighted by Crippen LogP contribution is 2.16. The zero-order valence-electron chi connectivity index (χ0n) is 11.8. The second-order valence-corrected chi connectivity index (χ2v) is 7.85. The Balaban J connectivity index is 4.32. The summed E-state index contributed by atoms with van der Waals surface area (Å²) < 4.78 is 20.3. The van der Waals surface area contributed by atoms with Gasteiger partial charge < -0.3 is 4.74 Å². The maximum absolute atomic E-state index is 12.1. The van der Waals surface area contributed by atoms with Gasteiger partial charge in [-0.1, -0.05) is 20.8 Å². The molecule has 0 bridgehead atoms. The molecule has 0 aliphatic heterocycles. The van der Waals surface area contributed by atoms with Crippen LogP contribution in [0, 0.1) is 5.41 Å². The fourth-order valence-corrected chi connectivity index (χ4v) is 2.55. The Labute approximate surface area is 109 Å². The van der Waals surface area contributed by atoms with Crippen molar-refractivity contribution in [1.82, 2.24) is 0 Å². The molecule has 0 radical (unpaired) electrons. The Hall–Kier alpha value is -0.910. The molecule has 0 aliphatic carbocycles. The van der Waals surface area contributed by atoms with E-state index in [9.17, 15) is 13.8 Å². The average Bonchev–Trinajstić information content (AvgIpc) is 2.22. The van der Waals surface area contributed by atoms with Gasteiger partial charge in [0, 0.05) is 23.8 Å². The van der Waals surface area contributed by atoms with Crippen LogP contribution >= 0.6 is 0 Å². The highest BCUT2D eigenvalue weighted by molar-refractivity contribution is 7.93. The van der Waals surface area contributed by atoms with Gasteiger partial charge in [-0.05, 0) is 12.8 Å². The lowest BCUT2D eigenvalue weighted by molar-refractivity contribution is -0.140. The molecule has 0 saturated heterocycles. The molecule has 0 rings (SSSR count). The third-order valence-electron chi connectivity index (χ3n) is 2.30. The smallest absolute Gasteiger partial charge is 0.305 e. The van der Waals surface area contributed by atoms with Crippen molar-refractivity contribution in [3.05, 3.63) is 0 Å². The van der Waals surface area contributed by atoms with E-state index < -0.39 is 15.1 Å². The zero-order chi connectivity index (χ0) is 14.4. The number of hydrogen-bond donors (Lipinski definition) is 0. The average molecular weight is 277 g/mol. The molecular weight excluding hydrogens is 254 g/mol. The van der Waals surface area contributed by atoms with Crippen LogP contribution in [0.5, 0.6) is 0 Å². The number of ether oxygens (including phenoxy) is 1. The maximum atomic E-state index is 12.1. The Kier molecular flexibility index (Phi) is 6.52. The van der Waals surface area contributed by atoms with Crippen molar-refractivity contribution in [2.45, 2.75) is 40.0 Å². The molecule has 5 nitrogen and oxygen atoms in total. The van der Waals surface area contributed by atoms with Crippen molar-refractivity contribution in [2.24, 2.45) is 9.78 Å². The summed E-state index contributed by atoms with van der Waals surface area (Å²) >= 11 is 0. The molecule has 6 heteroatoms. The monoisotopic (exact) mass is 277 g/mol. The van der Waals surface area contributed by atoms with Crippen LogP contribution in [-0.4, -0.2) is 35.2 Å². The Morgan fingerprint density at radius 1 is 1.22 bits per heavy atom. The summed E-state index contributed by atoms with van der Waals surface area (Å²) in [5, 5.41) is 0. The molecule has 0 heterocycles. The molecule has 1 atom stereocenters. The standard InChI is InChI=1S/C12H23NO4S/c1-12(2,3)11(15)13-18(5,16)9-7-6-8-10(14)17-4/h6-9H2,1-5H3/t18-/m0/s1. The first-order valence-electron chi connectivity index (χ1n) is 5.89. The number of amides is 1. The molecule has 1 amide bonds. The molecule has 0 N–H and O–H groups in total. The van der Waals surface area contributed by atoms with Crippen molar-refractivity contribution in [3.63, 3.8) is 0 Å². The summed E-state index contributed by atoms with van der Waals surface area (Å²) in [6, 6.07) is 0. The van der Waals surface area contributed by atoms with Gasteiger partial charge in [0.25, 0.3) is 5.91 Å². The van der Waals surface area contributed by atoms with Gasteiger partial charge in [0.1, 0.15) is 0 Å². The highest BCUT2D eigenvalue weighted by atomic mass is 32.2. The fourth-order valence-electron chi connectivity index (χ4n) is 1.10. The van der Waals surface area contributed by atoms with Crippen molar-refractivity contribution >= 4 is 21.6 Å². The van der Waals surface area contributed by atoms with Crippen LogP contribution in [0.4, 0.5) is 0 Å². The molecule has 0 aromatic heterocycles. The van der Waals surface area contributed by atoms with Crippen molar-refractivity contribution in [3.8, 4) is 0 Å². The summed E-state index contributed by atoms with van der Waals surface area (Å²) in [6.07, 6.45) is 2.97. The van der Waals surface area contributed by atoms with Gasteiger partial charge in [-0.15, -0.1) is 0 Å². The van der Waals surface area contributed by atoms with Crippen LogP contribution in [0.3, 0.4) is 0 Å². The molecule has 0 saturated carbocycles. The molecule has 0 unspecified atom stereocenters. The van der Waals surface area contributed by atoms with Crippen LogP contribution in [0.1, 0.15) is 40.0 Å². The number of esters is 1. The van der Waals surface area contributed by atoms with E-state index in [4.69, 9.17) is 0 Å². The zero-order valence-corrected chi connectivity index (χ0v) is 12.6. The molecule has 0 aromatic carbocycles. The maximum Gasteiger partial charge on any atom is 0.305 e. The number of unbranched alkanes of at least 4 members (excludes halogenated alkanes) is 1. The lowest BCUT2D eigenvalue weighted by atomic mass is 9.96. The third kappa shape index (κ3) is 7.42. The van der Waals surface area contributed by atoms with E-state index in [1.807, 2.05) is 0 Å². The van der Waals surface area contributed by atoms with E-state index in [-0.39, 0.29) is 11.9 Å². The summed E-state index contributed by atoms with van der Waals surface area (Å²) in [4.78, 5) is 22.5. The summed E-state index contributed by atoms with van der Waals surface area (Å²) in [7, 11) is -1.16. The van der Waals surface area contributed by atoms with E-state index in [2.05, 4.69) is 9.10 Å². The first kappa shape index (κ1) is 17.1. The lowest BCUT2D eigenvalue weighted by Gasteiger charge is -2.13. The number of methoxy groups -OCH3 is 1. The first-order valence-corrected chi connectivity index (χ1v) is 7.99. The molecule has 0 fully saturated rings. The molecule has 0 aliphatic rings. The Morgan fingerprint density at radius 2 is 1.78 bits per heavy atom. The minimum absolute atomic E-state index is 0.277. The molecule has 0 spiro atoms. The van der Waals surface area contributed by atoms with E-state index in [0.717, 1.165) is 0 Å². The number of rotatable bonds is 5. The normalized spacial score (nSPS) is 14.7. The van der Waals surface area contributed by atoms with Crippen LogP contribution in [-0.2, 0) is 24.1 Å². The minimum atomic E-state index is -2.50. The van der Waals surface area contributed by atoms with Crippen molar-refractivity contribution < 1.29 is 18.5 Å². The number of carbonyl (C=O) groups is 2. The molecule has 0 aromatic rings. The molecular formula is C12H23NO4S. The molecule has 106 valence electrons. The summed E-state index contributed by atoms with van der Waals surface area (Å²) in [5.41, 5.74) is -0.606. The van der Waals surface area contributed by atoms with Crippen LogP contribution in [0.15, 0.2) is 4.36 Å². The van der Waals surface area contributed by atoms with Crippen LogP contribution < -0.4 is 0 Å². The van der Waals surface area contributed by atoms with Gasteiger partial charge in [-0.25, -0.2) is 4.21 Å². The number of carbonyl (C=O) groups excluding carboxylic acids is 2. The quantitative estimate of drug-likeness (QED) is 0.569. The predicted octanol–water partition coefficient (Wildman–Crippen LogP) is 2.00. The van der Waals surface area contributed by atoms with Crippen molar-refractivity contribution in [1.29, 1.82) is 0 Å². The largest absolute Gasteiger partial charge is 0.469 e. The Morgan fingerprint density at radius 3 is 2.22 bits per heavy atom. The van der Waals surface area contributed by atoms with Crippen molar-refractivity contribution in [2.75, 3.05) is 19.1 Å². The first-order chi connectivity index (χ1) is 8.08. The third-order valence-corrected chi connectivity index (χ3v) is 3.90. The van der Waals surface area contributed by atoms with Gasteiger partial charge >= 0.3 is 5.97 Å². The van der Waals surface area contributed by atoms with E-state index in [0.29, 0.717) is 25.0 Å². The van der Waals surface area contributed by atoms with Gasteiger partial charge in [0.05, 0.1) is 16.8 Å². The van der Waals surface area contributed by atoms with Crippen LogP contribution in [0.2, 0.25) is 0 Å². The van der Waals surface area contributed by atoms with E-state index in [1.54, 1.807) is 20.8 Å². The second-order valence-electron chi connectivity index (χ2n) is 5.34. The Bertz CT molecular complexity index is 414. The summed E-state index contributed by atoms with van der Waals surface area (Å²) in [5.74, 6) is -0.297. The van der Waals surface area contributed by atoms with Gasteiger partial charge in [0.2, 0.25) is 0 Å². The number of hydrogen-bond acceptors (Lipinski definition) is 4. The number of nitrogens with zero attached hydrogens (tertiary/aromatic N) is 1. The highest BCUT2D eigenvalue weighted by Gasteiger charge is 2.22. The topological polar surface area (TPSA) is 72.8 Å². The van der Waals surface area contributed by atoms with Gasteiger partial charge in [0.15, 0.2) is 0 Å². The van der Waals surface area contributed by atoms with Crippen LogP contribution in [0.25, 0.3) is 0 Å². The second kappa shape index (κ2) is 6.87.